The van der Waals surface area contributed by atoms with Gasteiger partial charge in [0.1, 0.15) is 5.82 Å². The Labute approximate surface area is 134 Å². The van der Waals surface area contributed by atoms with E-state index < -0.39 is 11.9 Å². The van der Waals surface area contributed by atoms with Crippen molar-refractivity contribution in [2.45, 2.75) is 32.4 Å². The second-order valence-electron chi connectivity index (χ2n) is 6.01. The molecule has 0 aliphatic carbocycles. The second kappa shape index (κ2) is 5.68. The molecule has 2 unspecified atom stereocenters. The van der Waals surface area contributed by atoms with Crippen molar-refractivity contribution in [3.8, 4) is 0 Å². The SMILES string of the molecule is CCC(C)N1CC2=C(C1=O)C(c1ccccc1F)NC(=O)N2C. The van der Waals surface area contributed by atoms with Crippen LogP contribution in [0.4, 0.5) is 9.18 Å². The third kappa shape index (κ3) is 2.38. The summed E-state index contributed by atoms with van der Waals surface area (Å²) in [6.07, 6.45) is 0.821. The van der Waals surface area contributed by atoms with E-state index >= 15 is 0 Å². The first-order chi connectivity index (χ1) is 11.0. The number of hydrogen-bond donors (Lipinski definition) is 1. The maximum Gasteiger partial charge on any atom is 0.322 e. The second-order valence-corrected chi connectivity index (χ2v) is 6.01. The van der Waals surface area contributed by atoms with Gasteiger partial charge < -0.3 is 10.2 Å². The van der Waals surface area contributed by atoms with Crippen LogP contribution in [-0.2, 0) is 4.79 Å². The van der Waals surface area contributed by atoms with Crippen LogP contribution < -0.4 is 5.32 Å². The molecule has 1 aromatic carbocycles. The number of nitrogens with zero attached hydrogens (tertiary/aromatic N) is 2. The third-order valence-corrected chi connectivity index (χ3v) is 4.73. The molecule has 0 saturated carbocycles. The summed E-state index contributed by atoms with van der Waals surface area (Å²) in [6, 6.07) is 5.24. The topological polar surface area (TPSA) is 52.7 Å². The summed E-state index contributed by atoms with van der Waals surface area (Å²) >= 11 is 0. The van der Waals surface area contributed by atoms with E-state index in [-0.39, 0.29) is 18.0 Å². The molecular formula is C17H20FN3O2. The maximum absolute atomic E-state index is 14.2. The largest absolute Gasteiger partial charge is 0.330 e. The van der Waals surface area contributed by atoms with Gasteiger partial charge in [0, 0.05) is 18.7 Å². The number of nitrogens with one attached hydrogen (secondary N) is 1. The molecule has 122 valence electrons. The summed E-state index contributed by atoms with van der Waals surface area (Å²) in [5.41, 5.74) is 1.45. The molecule has 5 nitrogen and oxygen atoms in total. The Kier molecular flexibility index (Phi) is 3.83. The quantitative estimate of drug-likeness (QED) is 0.931. The van der Waals surface area contributed by atoms with Crippen molar-refractivity contribution < 1.29 is 14.0 Å². The lowest BCUT2D eigenvalue weighted by Crippen LogP contribution is -2.45. The van der Waals surface area contributed by atoms with Crippen LogP contribution in [0, 0.1) is 5.82 Å². The van der Waals surface area contributed by atoms with Gasteiger partial charge in [-0.1, -0.05) is 25.1 Å². The van der Waals surface area contributed by atoms with Crippen molar-refractivity contribution in [3.63, 3.8) is 0 Å². The first-order valence-corrected chi connectivity index (χ1v) is 7.78. The molecule has 2 aliphatic heterocycles. The Bertz CT molecular complexity index is 701. The van der Waals surface area contributed by atoms with Gasteiger partial charge in [-0.15, -0.1) is 0 Å². The number of rotatable bonds is 3. The van der Waals surface area contributed by atoms with Crippen molar-refractivity contribution in [2.24, 2.45) is 0 Å². The number of carbonyl (C=O) groups excluding carboxylic acids is 2. The molecule has 0 aromatic heterocycles. The molecule has 2 aliphatic rings. The van der Waals surface area contributed by atoms with Gasteiger partial charge in [0.15, 0.2) is 0 Å². The Morgan fingerprint density at radius 2 is 2.04 bits per heavy atom. The highest BCUT2D eigenvalue weighted by Gasteiger charge is 2.44. The van der Waals surface area contributed by atoms with Gasteiger partial charge in [0.2, 0.25) is 0 Å². The van der Waals surface area contributed by atoms with Gasteiger partial charge in [0.05, 0.1) is 23.9 Å². The molecule has 3 amide bonds. The lowest BCUT2D eigenvalue weighted by Gasteiger charge is -2.31. The number of urea groups is 1. The fourth-order valence-corrected chi connectivity index (χ4v) is 3.11. The molecule has 6 heteroatoms. The van der Waals surface area contributed by atoms with Gasteiger partial charge in [-0.2, -0.15) is 0 Å². The number of carbonyl (C=O) groups is 2. The van der Waals surface area contributed by atoms with E-state index in [2.05, 4.69) is 5.32 Å². The van der Waals surface area contributed by atoms with Crippen LogP contribution >= 0.6 is 0 Å². The highest BCUT2D eigenvalue weighted by Crippen LogP contribution is 2.37. The molecule has 1 aromatic rings. The van der Waals surface area contributed by atoms with E-state index in [1.54, 1.807) is 30.1 Å². The number of likely N-dealkylation sites (N-methyl/N-ethyl adjacent to an activating group) is 1. The molecule has 0 saturated heterocycles. The molecule has 0 radical (unpaired) electrons. The average molecular weight is 317 g/mol. The maximum atomic E-state index is 14.2. The van der Waals surface area contributed by atoms with Crippen molar-refractivity contribution in [1.82, 2.24) is 15.1 Å². The molecule has 0 bridgehead atoms. The zero-order valence-corrected chi connectivity index (χ0v) is 13.5. The molecule has 0 spiro atoms. The summed E-state index contributed by atoms with van der Waals surface area (Å²) < 4.78 is 14.2. The fourth-order valence-electron chi connectivity index (χ4n) is 3.11. The lowest BCUT2D eigenvalue weighted by molar-refractivity contribution is -0.127. The summed E-state index contributed by atoms with van der Waals surface area (Å²) in [4.78, 5) is 28.3. The van der Waals surface area contributed by atoms with E-state index in [0.717, 1.165) is 6.42 Å². The van der Waals surface area contributed by atoms with E-state index in [4.69, 9.17) is 0 Å². The highest BCUT2D eigenvalue weighted by atomic mass is 19.1. The van der Waals surface area contributed by atoms with Crippen molar-refractivity contribution in [3.05, 3.63) is 46.9 Å². The number of amides is 3. The van der Waals surface area contributed by atoms with Crippen LogP contribution in [0.1, 0.15) is 31.9 Å². The van der Waals surface area contributed by atoms with Crippen molar-refractivity contribution >= 4 is 11.9 Å². The van der Waals surface area contributed by atoms with Crippen molar-refractivity contribution in [1.29, 1.82) is 0 Å². The normalized spacial score (nSPS) is 22.3. The summed E-state index contributed by atoms with van der Waals surface area (Å²) in [7, 11) is 1.63. The average Bonchev–Trinajstić information content (AvgIpc) is 2.89. The third-order valence-electron chi connectivity index (χ3n) is 4.73. The van der Waals surface area contributed by atoms with Gasteiger partial charge in [-0.3, -0.25) is 9.69 Å². The Hall–Kier alpha value is -2.37. The van der Waals surface area contributed by atoms with Gasteiger partial charge in [0.25, 0.3) is 5.91 Å². The first kappa shape index (κ1) is 15.5. The number of halogens is 1. The number of hydrogen-bond acceptors (Lipinski definition) is 2. The minimum absolute atomic E-state index is 0.0675. The molecular weight excluding hydrogens is 297 g/mol. The smallest absolute Gasteiger partial charge is 0.322 e. The summed E-state index contributed by atoms with van der Waals surface area (Å²) in [5.74, 6) is -0.557. The van der Waals surface area contributed by atoms with Gasteiger partial charge >= 0.3 is 6.03 Å². The van der Waals surface area contributed by atoms with E-state index in [9.17, 15) is 14.0 Å². The van der Waals surface area contributed by atoms with Crippen LogP contribution in [-0.4, -0.2) is 41.4 Å². The van der Waals surface area contributed by atoms with E-state index in [1.165, 1.54) is 11.0 Å². The molecule has 1 N–H and O–H groups in total. The Balaban J connectivity index is 2.07. The molecule has 0 fully saturated rings. The van der Waals surface area contributed by atoms with Crippen LogP contribution in [0.25, 0.3) is 0 Å². The van der Waals surface area contributed by atoms with E-state index in [1.807, 2.05) is 13.8 Å². The minimum atomic E-state index is -0.739. The Morgan fingerprint density at radius 3 is 2.70 bits per heavy atom. The predicted molar refractivity (Wildman–Crippen MR) is 83.9 cm³/mol. The van der Waals surface area contributed by atoms with Crippen LogP contribution in [0.15, 0.2) is 35.5 Å². The zero-order valence-electron chi connectivity index (χ0n) is 13.5. The lowest BCUT2D eigenvalue weighted by atomic mass is 9.95. The molecule has 2 heterocycles. The molecule has 2 atom stereocenters. The predicted octanol–water partition coefficient (Wildman–Crippen LogP) is 2.42. The molecule has 3 rings (SSSR count). The minimum Gasteiger partial charge on any atom is -0.330 e. The standard InChI is InChI=1S/C17H20FN3O2/c1-4-10(2)21-9-13-14(16(21)22)15(19-17(23)20(13)3)11-7-5-6-8-12(11)18/h5-8,10,15H,4,9H2,1-3H3,(H,19,23). The van der Waals surface area contributed by atoms with Crippen LogP contribution in [0.3, 0.4) is 0 Å². The summed E-state index contributed by atoms with van der Waals surface area (Å²) in [6.45, 7) is 4.37. The first-order valence-electron chi connectivity index (χ1n) is 7.78. The van der Waals surface area contributed by atoms with Gasteiger partial charge in [-0.25, -0.2) is 9.18 Å². The Morgan fingerprint density at radius 1 is 1.35 bits per heavy atom. The molecule has 23 heavy (non-hydrogen) atoms. The fraction of sp³-hybridized carbons (Fsp3) is 0.412. The van der Waals surface area contributed by atoms with Crippen LogP contribution in [0.2, 0.25) is 0 Å². The zero-order chi connectivity index (χ0) is 16.7. The van der Waals surface area contributed by atoms with Gasteiger partial charge in [-0.05, 0) is 19.4 Å². The summed E-state index contributed by atoms with van der Waals surface area (Å²) in [5, 5.41) is 2.74. The van der Waals surface area contributed by atoms with Crippen molar-refractivity contribution in [2.75, 3.05) is 13.6 Å². The van der Waals surface area contributed by atoms with Crippen LogP contribution in [0.5, 0.6) is 0 Å². The van der Waals surface area contributed by atoms with E-state index in [0.29, 0.717) is 23.4 Å². The monoisotopic (exact) mass is 317 g/mol. The number of benzene rings is 1. The highest BCUT2D eigenvalue weighted by molar-refractivity contribution is 6.01.